The lowest BCUT2D eigenvalue weighted by Gasteiger charge is -2.02. The van der Waals surface area contributed by atoms with E-state index in [4.69, 9.17) is 4.42 Å². The first kappa shape index (κ1) is 11.2. The van der Waals surface area contributed by atoms with E-state index in [0.717, 1.165) is 26.8 Å². The highest BCUT2D eigenvalue weighted by Gasteiger charge is 2.12. The SMILES string of the molecule is COC(=O)Cc1ccc(Br)c2cc(C)oc12. The number of benzene rings is 1. The molecule has 0 saturated carbocycles. The lowest BCUT2D eigenvalue weighted by atomic mass is 10.1. The van der Waals surface area contributed by atoms with Crippen molar-refractivity contribution in [3.63, 3.8) is 0 Å². The Hall–Kier alpha value is -1.29. The number of furan rings is 1. The summed E-state index contributed by atoms with van der Waals surface area (Å²) in [5.74, 6) is 0.561. The zero-order valence-electron chi connectivity index (χ0n) is 9.04. The average molecular weight is 283 g/mol. The van der Waals surface area contributed by atoms with Gasteiger partial charge in [0, 0.05) is 15.4 Å². The molecule has 4 heteroatoms. The molecule has 84 valence electrons. The number of ether oxygens (including phenoxy) is 1. The lowest BCUT2D eigenvalue weighted by molar-refractivity contribution is -0.139. The van der Waals surface area contributed by atoms with Crippen molar-refractivity contribution in [3.8, 4) is 0 Å². The van der Waals surface area contributed by atoms with E-state index in [1.54, 1.807) is 0 Å². The van der Waals surface area contributed by atoms with Gasteiger partial charge in [0.2, 0.25) is 0 Å². The molecule has 3 nitrogen and oxygen atoms in total. The molecule has 1 aromatic carbocycles. The molecular formula is C12H11BrO3. The van der Waals surface area contributed by atoms with Crippen LogP contribution in [0.4, 0.5) is 0 Å². The lowest BCUT2D eigenvalue weighted by Crippen LogP contribution is -2.04. The van der Waals surface area contributed by atoms with Crippen LogP contribution in [0, 0.1) is 6.92 Å². The van der Waals surface area contributed by atoms with Crippen molar-refractivity contribution in [2.45, 2.75) is 13.3 Å². The Morgan fingerprint density at radius 2 is 2.25 bits per heavy atom. The minimum atomic E-state index is -0.266. The quantitative estimate of drug-likeness (QED) is 0.794. The van der Waals surface area contributed by atoms with Gasteiger partial charge in [0.25, 0.3) is 0 Å². The van der Waals surface area contributed by atoms with Gasteiger partial charge in [-0.15, -0.1) is 0 Å². The van der Waals surface area contributed by atoms with Crippen LogP contribution in [0.5, 0.6) is 0 Å². The largest absolute Gasteiger partial charge is 0.469 e. The molecule has 0 spiro atoms. The van der Waals surface area contributed by atoms with Crippen LogP contribution in [0.25, 0.3) is 11.0 Å². The Kier molecular flexibility index (Phi) is 3.01. The van der Waals surface area contributed by atoms with Crippen LogP contribution in [-0.4, -0.2) is 13.1 Å². The first-order valence-corrected chi connectivity index (χ1v) is 5.65. The van der Waals surface area contributed by atoms with Gasteiger partial charge in [-0.3, -0.25) is 4.79 Å². The number of carbonyl (C=O) groups is 1. The smallest absolute Gasteiger partial charge is 0.310 e. The third-order valence-corrected chi connectivity index (χ3v) is 3.09. The summed E-state index contributed by atoms with van der Waals surface area (Å²) in [6, 6.07) is 5.72. The molecule has 0 aliphatic heterocycles. The minimum absolute atomic E-state index is 0.229. The number of fused-ring (bicyclic) bond motifs is 1. The van der Waals surface area contributed by atoms with Gasteiger partial charge >= 0.3 is 5.97 Å². The van der Waals surface area contributed by atoms with E-state index in [9.17, 15) is 4.79 Å². The van der Waals surface area contributed by atoms with Gasteiger partial charge in [0.1, 0.15) is 11.3 Å². The van der Waals surface area contributed by atoms with Gasteiger partial charge < -0.3 is 9.15 Å². The maximum Gasteiger partial charge on any atom is 0.310 e. The average Bonchev–Trinajstić information content (AvgIpc) is 2.65. The van der Waals surface area contributed by atoms with Crippen LogP contribution < -0.4 is 0 Å². The fourth-order valence-electron chi connectivity index (χ4n) is 1.64. The summed E-state index contributed by atoms with van der Waals surface area (Å²) in [4.78, 5) is 11.2. The number of hydrogen-bond donors (Lipinski definition) is 0. The van der Waals surface area contributed by atoms with Gasteiger partial charge in [-0.25, -0.2) is 0 Å². The summed E-state index contributed by atoms with van der Waals surface area (Å²) in [5.41, 5.74) is 1.59. The van der Waals surface area contributed by atoms with Gasteiger partial charge in [-0.1, -0.05) is 22.0 Å². The van der Waals surface area contributed by atoms with Crippen LogP contribution in [0.15, 0.2) is 27.1 Å². The number of carbonyl (C=O) groups excluding carboxylic acids is 1. The van der Waals surface area contributed by atoms with Crippen molar-refractivity contribution in [1.82, 2.24) is 0 Å². The number of hydrogen-bond acceptors (Lipinski definition) is 3. The Morgan fingerprint density at radius 1 is 1.50 bits per heavy atom. The second kappa shape index (κ2) is 4.29. The van der Waals surface area contributed by atoms with Crippen molar-refractivity contribution < 1.29 is 13.9 Å². The highest BCUT2D eigenvalue weighted by atomic mass is 79.9. The molecule has 1 heterocycles. The topological polar surface area (TPSA) is 39.4 Å². The van der Waals surface area contributed by atoms with Crippen molar-refractivity contribution in [2.75, 3.05) is 7.11 Å². The monoisotopic (exact) mass is 282 g/mol. The molecule has 2 rings (SSSR count). The van der Waals surface area contributed by atoms with Gasteiger partial charge in [-0.05, 0) is 19.1 Å². The standard InChI is InChI=1S/C12H11BrO3/c1-7-5-9-10(13)4-3-8(12(9)16-7)6-11(14)15-2/h3-5H,6H2,1-2H3. The van der Waals surface area contributed by atoms with Crippen molar-refractivity contribution >= 4 is 32.9 Å². The van der Waals surface area contributed by atoms with Crippen LogP contribution >= 0.6 is 15.9 Å². The predicted octanol–water partition coefficient (Wildman–Crippen LogP) is 3.22. The molecule has 0 N–H and O–H groups in total. The Morgan fingerprint density at radius 3 is 2.94 bits per heavy atom. The highest BCUT2D eigenvalue weighted by Crippen LogP contribution is 2.30. The van der Waals surface area contributed by atoms with Crippen molar-refractivity contribution in [3.05, 3.63) is 34.0 Å². The molecule has 0 bridgehead atoms. The molecular weight excluding hydrogens is 272 g/mol. The zero-order valence-corrected chi connectivity index (χ0v) is 10.6. The molecule has 0 fully saturated rings. The molecule has 0 aliphatic rings. The molecule has 0 radical (unpaired) electrons. The van der Waals surface area contributed by atoms with Crippen LogP contribution in [-0.2, 0) is 16.0 Å². The Labute approximate surface area is 102 Å². The van der Waals surface area contributed by atoms with E-state index < -0.39 is 0 Å². The van der Waals surface area contributed by atoms with Gasteiger partial charge in [0.05, 0.1) is 13.5 Å². The minimum Gasteiger partial charge on any atom is -0.469 e. The molecule has 2 aromatic rings. The normalized spacial score (nSPS) is 10.7. The van der Waals surface area contributed by atoms with E-state index >= 15 is 0 Å². The molecule has 1 aromatic heterocycles. The van der Waals surface area contributed by atoms with Crippen molar-refractivity contribution in [2.24, 2.45) is 0 Å². The maximum absolute atomic E-state index is 11.2. The van der Waals surface area contributed by atoms with E-state index in [2.05, 4.69) is 20.7 Å². The molecule has 0 atom stereocenters. The molecule has 0 saturated heterocycles. The number of halogens is 1. The van der Waals surface area contributed by atoms with Crippen LogP contribution in [0.2, 0.25) is 0 Å². The Balaban J connectivity index is 2.53. The summed E-state index contributed by atoms with van der Waals surface area (Å²) in [6.07, 6.45) is 0.229. The fourth-order valence-corrected chi connectivity index (χ4v) is 2.06. The van der Waals surface area contributed by atoms with E-state index in [0.29, 0.717) is 0 Å². The number of esters is 1. The third kappa shape index (κ3) is 1.97. The highest BCUT2D eigenvalue weighted by molar-refractivity contribution is 9.10. The second-order valence-corrected chi connectivity index (χ2v) is 4.41. The second-order valence-electron chi connectivity index (χ2n) is 3.56. The number of rotatable bonds is 2. The predicted molar refractivity (Wildman–Crippen MR) is 64.4 cm³/mol. The summed E-state index contributed by atoms with van der Waals surface area (Å²) in [5, 5.41) is 0.985. The summed E-state index contributed by atoms with van der Waals surface area (Å²) >= 11 is 3.45. The fraction of sp³-hybridized carbons (Fsp3) is 0.250. The third-order valence-electron chi connectivity index (χ3n) is 2.40. The Bertz CT molecular complexity index is 542. The van der Waals surface area contributed by atoms with Gasteiger partial charge in [-0.2, -0.15) is 0 Å². The van der Waals surface area contributed by atoms with E-state index in [1.165, 1.54) is 7.11 Å². The maximum atomic E-state index is 11.2. The van der Waals surface area contributed by atoms with Crippen LogP contribution in [0.1, 0.15) is 11.3 Å². The van der Waals surface area contributed by atoms with Gasteiger partial charge in [0.15, 0.2) is 0 Å². The first-order chi connectivity index (χ1) is 7.61. The first-order valence-electron chi connectivity index (χ1n) is 4.86. The molecule has 0 amide bonds. The zero-order chi connectivity index (χ0) is 11.7. The molecule has 0 unspecified atom stereocenters. The molecule has 0 aliphatic carbocycles. The van der Waals surface area contributed by atoms with E-state index in [-0.39, 0.29) is 12.4 Å². The van der Waals surface area contributed by atoms with Crippen molar-refractivity contribution in [1.29, 1.82) is 0 Å². The number of aryl methyl sites for hydroxylation is 1. The summed E-state index contributed by atoms with van der Waals surface area (Å²) in [7, 11) is 1.38. The molecule has 16 heavy (non-hydrogen) atoms. The van der Waals surface area contributed by atoms with E-state index in [1.807, 2.05) is 25.1 Å². The summed E-state index contributed by atoms with van der Waals surface area (Å²) < 4.78 is 11.2. The van der Waals surface area contributed by atoms with Crippen LogP contribution in [0.3, 0.4) is 0 Å². The number of methoxy groups -OCH3 is 1. The summed E-state index contributed by atoms with van der Waals surface area (Å²) in [6.45, 7) is 1.88.